The summed E-state index contributed by atoms with van der Waals surface area (Å²) in [6.07, 6.45) is 0. The van der Waals surface area contributed by atoms with E-state index in [9.17, 15) is 13.2 Å². The van der Waals surface area contributed by atoms with Crippen molar-refractivity contribution in [2.75, 3.05) is 38.0 Å². The second-order valence-corrected chi connectivity index (χ2v) is 9.37. The minimum Gasteiger partial charge on any atom is -0.325 e. The number of piperazine rings is 1. The molecule has 2 aromatic carbocycles. The van der Waals surface area contributed by atoms with E-state index >= 15 is 0 Å². The van der Waals surface area contributed by atoms with Gasteiger partial charge in [-0.1, -0.05) is 35.9 Å². The number of halogens is 1. The molecule has 0 aromatic heterocycles. The first-order valence-corrected chi connectivity index (χ1v) is 11.0. The number of carbonyl (C=O) groups is 1. The fourth-order valence-electron chi connectivity index (χ4n) is 3.32. The van der Waals surface area contributed by atoms with Crippen LogP contribution >= 0.6 is 11.6 Å². The summed E-state index contributed by atoms with van der Waals surface area (Å²) in [4.78, 5) is 13.6. The van der Waals surface area contributed by atoms with Gasteiger partial charge in [-0.25, -0.2) is 8.42 Å². The van der Waals surface area contributed by atoms with Crippen molar-refractivity contribution in [3.63, 3.8) is 0 Å². The summed E-state index contributed by atoms with van der Waals surface area (Å²) in [6.45, 7) is 6.17. The van der Waals surface area contributed by atoms with E-state index in [-0.39, 0.29) is 15.8 Å². The van der Waals surface area contributed by atoms with Crippen LogP contribution in [0.15, 0.2) is 47.4 Å². The average molecular weight is 423 g/mol. The number of nitrogens with zero attached hydrogens (tertiary/aromatic N) is 1. The van der Waals surface area contributed by atoms with Gasteiger partial charge in [0.1, 0.15) is 4.90 Å². The van der Waals surface area contributed by atoms with E-state index in [4.69, 9.17) is 11.6 Å². The van der Waals surface area contributed by atoms with E-state index in [0.717, 1.165) is 21.7 Å². The predicted octanol–water partition coefficient (Wildman–Crippen LogP) is 1.48. The van der Waals surface area contributed by atoms with Gasteiger partial charge in [-0.15, -0.1) is 0 Å². The smallest absolute Gasteiger partial charge is 0.279 e. The lowest BCUT2D eigenvalue weighted by Crippen LogP contribution is -3.15. The van der Waals surface area contributed by atoms with Crippen LogP contribution in [0.2, 0.25) is 5.02 Å². The molecule has 8 heteroatoms. The van der Waals surface area contributed by atoms with Crippen LogP contribution in [-0.2, 0) is 14.8 Å². The van der Waals surface area contributed by atoms with Crippen LogP contribution in [0.4, 0.5) is 5.69 Å². The quantitative estimate of drug-likeness (QED) is 0.766. The molecule has 0 atom stereocenters. The highest BCUT2D eigenvalue weighted by Gasteiger charge is 2.32. The van der Waals surface area contributed by atoms with Crippen LogP contribution in [0, 0.1) is 13.8 Å². The average Bonchev–Trinajstić information content (AvgIpc) is 2.66. The third-order valence-corrected chi connectivity index (χ3v) is 7.57. The molecule has 3 rings (SSSR count). The van der Waals surface area contributed by atoms with Crippen LogP contribution in [0.1, 0.15) is 11.1 Å². The van der Waals surface area contributed by atoms with Crippen molar-refractivity contribution in [2.45, 2.75) is 18.7 Å². The zero-order valence-corrected chi connectivity index (χ0v) is 17.6. The number of anilines is 1. The molecule has 2 N–H and O–H groups in total. The van der Waals surface area contributed by atoms with Gasteiger partial charge >= 0.3 is 0 Å². The lowest BCUT2D eigenvalue weighted by atomic mass is 10.1. The summed E-state index contributed by atoms with van der Waals surface area (Å²) in [6, 6.07) is 12.3. The van der Waals surface area contributed by atoms with Gasteiger partial charge in [-0.05, 0) is 43.2 Å². The molecule has 28 heavy (non-hydrogen) atoms. The fourth-order valence-corrected chi connectivity index (χ4v) is 5.26. The molecule has 0 bridgehead atoms. The predicted molar refractivity (Wildman–Crippen MR) is 110 cm³/mol. The summed E-state index contributed by atoms with van der Waals surface area (Å²) >= 11 is 6.06. The van der Waals surface area contributed by atoms with E-state index in [1.807, 2.05) is 32.0 Å². The number of nitrogens with one attached hydrogen (secondary N) is 2. The monoisotopic (exact) mass is 422 g/mol. The van der Waals surface area contributed by atoms with Gasteiger partial charge in [0.2, 0.25) is 10.0 Å². The van der Waals surface area contributed by atoms with Crippen LogP contribution in [0.25, 0.3) is 0 Å². The molecule has 0 saturated carbocycles. The fraction of sp³-hybridized carbons (Fsp3) is 0.350. The standard InChI is InChI=1S/C20H24ClN3O3S/c1-15-6-5-8-18(16(15)2)22-20(25)14-23-10-12-24(13-11-23)28(26,27)19-9-4-3-7-17(19)21/h3-9H,10-14H2,1-2H3,(H,22,25)/p+1. The maximum Gasteiger partial charge on any atom is 0.279 e. The van der Waals surface area contributed by atoms with Gasteiger partial charge in [-0.3, -0.25) is 4.79 Å². The van der Waals surface area contributed by atoms with Gasteiger partial charge in [0.15, 0.2) is 6.54 Å². The number of rotatable bonds is 5. The zero-order valence-electron chi connectivity index (χ0n) is 16.0. The Morgan fingerprint density at radius 3 is 2.46 bits per heavy atom. The Bertz CT molecular complexity index is 970. The third kappa shape index (κ3) is 4.55. The van der Waals surface area contributed by atoms with Crippen molar-refractivity contribution in [3.8, 4) is 0 Å². The number of amides is 1. The van der Waals surface area contributed by atoms with Crippen molar-refractivity contribution < 1.29 is 18.1 Å². The molecule has 2 aromatic rings. The highest BCUT2D eigenvalue weighted by Crippen LogP contribution is 2.24. The number of hydrogen-bond donors (Lipinski definition) is 2. The Morgan fingerprint density at radius 2 is 1.79 bits per heavy atom. The zero-order chi connectivity index (χ0) is 20.3. The van der Waals surface area contributed by atoms with E-state index in [0.29, 0.717) is 32.7 Å². The van der Waals surface area contributed by atoms with Gasteiger partial charge in [0.05, 0.1) is 31.2 Å². The van der Waals surface area contributed by atoms with Crippen molar-refractivity contribution in [2.24, 2.45) is 0 Å². The number of sulfonamides is 1. The number of hydrogen-bond acceptors (Lipinski definition) is 3. The van der Waals surface area contributed by atoms with E-state index in [2.05, 4.69) is 5.32 Å². The highest BCUT2D eigenvalue weighted by atomic mass is 35.5. The van der Waals surface area contributed by atoms with Crippen molar-refractivity contribution in [1.82, 2.24) is 4.31 Å². The second-order valence-electron chi connectivity index (χ2n) is 7.06. The molecule has 0 spiro atoms. The SMILES string of the molecule is Cc1cccc(NC(=O)C[NH+]2CCN(S(=O)(=O)c3ccccc3Cl)CC2)c1C. The van der Waals surface area contributed by atoms with Gasteiger partial charge in [-0.2, -0.15) is 4.31 Å². The minimum absolute atomic E-state index is 0.0638. The summed E-state index contributed by atoms with van der Waals surface area (Å²) in [5, 5.41) is 3.19. The van der Waals surface area contributed by atoms with E-state index < -0.39 is 10.0 Å². The first kappa shape index (κ1) is 20.8. The molecular weight excluding hydrogens is 398 g/mol. The van der Waals surface area contributed by atoms with Crippen molar-refractivity contribution >= 4 is 33.2 Å². The molecular formula is C20H25ClN3O3S+. The van der Waals surface area contributed by atoms with Crippen molar-refractivity contribution in [3.05, 3.63) is 58.6 Å². The topological polar surface area (TPSA) is 70.9 Å². The first-order valence-electron chi connectivity index (χ1n) is 9.23. The largest absolute Gasteiger partial charge is 0.325 e. The minimum atomic E-state index is -3.62. The Balaban J connectivity index is 1.57. The number of carbonyl (C=O) groups excluding carboxylic acids is 1. The van der Waals surface area contributed by atoms with E-state index in [1.165, 1.54) is 10.4 Å². The molecule has 1 aliphatic heterocycles. The molecule has 0 unspecified atom stereocenters. The van der Waals surface area contributed by atoms with Gasteiger partial charge in [0, 0.05) is 5.69 Å². The Labute approximate surface area is 171 Å². The van der Waals surface area contributed by atoms with Gasteiger partial charge < -0.3 is 10.2 Å². The first-order chi connectivity index (χ1) is 13.3. The summed E-state index contributed by atoms with van der Waals surface area (Å²) in [5.41, 5.74) is 3.01. The van der Waals surface area contributed by atoms with Crippen LogP contribution < -0.4 is 10.2 Å². The third-order valence-electron chi connectivity index (χ3n) is 5.17. The summed E-state index contributed by atoms with van der Waals surface area (Å²) in [7, 11) is -3.62. The highest BCUT2D eigenvalue weighted by molar-refractivity contribution is 7.89. The lowest BCUT2D eigenvalue weighted by Gasteiger charge is -2.31. The van der Waals surface area contributed by atoms with Crippen LogP contribution in [0.3, 0.4) is 0 Å². The molecule has 1 amide bonds. The second kappa shape index (κ2) is 8.61. The Morgan fingerprint density at radius 1 is 1.11 bits per heavy atom. The molecule has 1 saturated heterocycles. The molecule has 1 heterocycles. The summed E-state index contributed by atoms with van der Waals surface area (Å²) < 4.78 is 27.0. The molecule has 0 aliphatic carbocycles. The number of benzene rings is 2. The summed E-state index contributed by atoms with van der Waals surface area (Å²) in [5.74, 6) is -0.0638. The maximum atomic E-state index is 12.8. The number of quaternary nitrogens is 1. The Kier molecular flexibility index (Phi) is 6.40. The normalized spacial score (nSPS) is 16.1. The Hall–Kier alpha value is -1.93. The molecule has 0 radical (unpaired) electrons. The molecule has 1 fully saturated rings. The maximum absolute atomic E-state index is 12.8. The number of aryl methyl sites for hydroxylation is 1. The molecule has 150 valence electrons. The van der Waals surface area contributed by atoms with Crippen LogP contribution in [0.5, 0.6) is 0 Å². The van der Waals surface area contributed by atoms with Crippen LogP contribution in [-0.4, -0.2) is 51.4 Å². The molecule has 1 aliphatic rings. The lowest BCUT2D eigenvalue weighted by molar-refractivity contribution is -0.895. The van der Waals surface area contributed by atoms with Crippen molar-refractivity contribution in [1.29, 1.82) is 0 Å². The molecule has 6 nitrogen and oxygen atoms in total. The van der Waals surface area contributed by atoms with Gasteiger partial charge in [0.25, 0.3) is 5.91 Å². The van der Waals surface area contributed by atoms with E-state index in [1.54, 1.807) is 18.2 Å².